The lowest BCUT2D eigenvalue weighted by molar-refractivity contribution is -0.117. The lowest BCUT2D eigenvalue weighted by Crippen LogP contribution is -2.00. The number of carbonyl (C=O) groups is 1. The molecule has 0 saturated heterocycles. The average Bonchev–Trinajstić information content (AvgIpc) is 2.25. The Balaban J connectivity index is 0.000000845. The zero-order valence-corrected chi connectivity index (χ0v) is 7.88. The van der Waals surface area contributed by atoms with E-state index in [1.165, 1.54) is 0 Å². The first-order valence-electron chi connectivity index (χ1n) is 3.98. The summed E-state index contributed by atoms with van der Waals surface area (Å²) in [5.41, 5.74) is 1.97. The molecule has 0 fully saturated rings. The second kappa shape index (κ2) is 4.19. The van der Waals surface area contributed by atoms with E-state index < -0.39 is 0 Å². The summed E-state index contributed by atoms with van der Waals surface area (Å²) in [5.74, 6) is 0.240. The number of para-hydroxylation sites is 1. The minimum atomic E-state index is 0. The summed E-state index contributed by atoms with van der Waals surface area (Å²) in [6.45, 7) is 0. The van der Waals surface area contributed by atoms with Crippen LogP contribution >= 0.6 is 12.4 Å². The van der Waals surface area contributed by atoms with E-state index in [2.05, 4.69) is 4.99 Å². The first-order chi connectivity index (χ1) is 5.86. The standard InChI is InChI=1S/C10H9NO.ClH/c12-9-5-6-11-10-4-2-1-3-8(10)7-9;/h1-4,6H,5,7H2;1H. The Hall–Kier alpha value is -1.15. The molecule has 0 atom stereocenters. The highest BCUT2D eigenvalue weighted by atomic mass is 35.5. The van der Waals surface area contributed by atoms with Gasteiger partial charge in [0.05, 0.1) is 5.69 Å². The number of benzene rings is 1. The lowest BCUT2D eigenvalue weighted by atomic mass is 10.1. The molecule has 0 amide bonds. The normalized spacial score (nSPS) is 14.3. The van der Waals surface area contributed by atoms with Crippen LogP contribution in [0.15, 0.2) is 29.3 Å². The number of aliphatic imine (C=N–C) groups is 1. The molecular formula is C10H10ClNO. The van der Waals surface area contributed by atoms with Crippen molar-refractivity contribution in [2.24, 2.45) is 4.99 Å². The number of Topliss-reactive ketones (excluding diaryl/α,β-unsaturated/α-hetero) is 1. The van der Waals surface area contributed by atoms with Gasteiger partial charge in [0, 0.05) is 19.1 Å². The second-order valence-electron chi connectivity index (χ2n) is 2.86. The molecule has 68 valence electrons. The minimum absolute atomic E-state index is 0. The Morgan fingerprint density at radius 2 is 2.00 bits per heavy atom. The van der Waals surface area contributed by atoms with Crippen molar-refractivity contribution in [2.75, 3.05) is 0 Å². The molecule has 1 aromatic rings. The molecule has 0 spiro atoms. The van der Waals surface area contributed by atoms with Gasteiger partial charge in [-0.25, -0.2) is 0 Å². The van der Waals surface area contributed by atoms with Gasteiger partial charge in [0.15, 0.2) is 0 Å². The summed E-state index contributed by atoms with van der Waals surface area (Å²) in [4.78, 5) is 15.3. The van der Waals surface area contributed by atoms with E-state index in [-0.39, 0.29) is 18.2 Å². The second-order valence-corrected chi connectivity index (χ2v) is 2.86. The molecule has 13 heavy (non-hydrogen) atoms. The molecule has 0 bridgehead atoms. The fourth-order valence-corrected chi connectivity index (χ4v) is 1.32. The molecular weight excluding hydrogens is 186 g/mol. The maximum atomic E-state index is 11.2. The SMILES string of the molecule is Cl.O=C1CC=Nc2ccccc2C1. The molecule has 1 heterocycles. The van der Waals surface area contributed by atoms with Crippen LogP contribution in [0.25, 0.3) is 0 Å². The van der Waals surface area contributed by atoms with E-state index in [1.807, 2.05) is 24.3 Å². The first kappa shape index (κ1) is 9.93. The van der Waals surface area contributed by atoms with Gasteiger partial charge in [-0.3, -0.25) is 9.79 Å². The molecule has 0 radical (unpaired) electrons. The monoisotopic (exact) mass is 195 g/mol. The first-order valence-corrected chi connectivity index (χ1v) is 3.98. The topological polar surface area (TPSA) is 29.4 Å². The summed E-state index contributed by atoms with van der Waals surface area (Å²) in [7, 11) is 0. The number of carbonyl (C=O) groups excluding carboxylic acids is 1. The molecule has 1 aliphatic heterocycles. The third-order valence-electron chi connectivity index (χ3n) is 1.93. The van der Waals surface area contributed by atoms with Crippen molar-refractivity contribution in [3.8, 4) is 0 Å². The maximum absolute atomic E-state index is 11.2. The number of nitrogens with zero attached hydrogens (tertiary/aromatic N) is 1. The maximum Gasteiger partial charge on any atom is 0.142 e. The van der Waals surface area contributed by atoms with Gasteiger partial charge in [0.25, 0.3) is 0 Å². The van der Waals surface area contributed by atoms with E-state index in [9.17, 15) is 4.79 Å². The third kappa shape index (κ3) is 2.16. The molecule has 0 aliphatic carbocycles. The van der Waals surface area contributed by atoms with E-state index in [4.69, 9.17) is 0 Å². The van der Waals surface area contributed by atoms with Crippen LogP contribution in [0.5, 0.6) is 0 Å². The number of ketones is 1. The van der Waals surface area contributed by atoms with Crippen LogP contribution in [0.4, 0.5) is 5.69 Å². The fourth-order valence-electron chi connectivity index (χ4n) is 1.32. The van der Waals surface area contributed by atoms with Crippen LogP contribution in [0.1, 0.15) is 12.0 Å². The Morgan fingerprint density at radius 1 is 1.23 bits per heavy atom. The lowest BCUT2D eigenvalue weighted by Gasteiger charge is -1.98. The quantitative estimate of drug-likeness (QED) is 0.625. The molecule has 0 aromatic heterocycles. The number of rotatable bonds is 0. The van der Waals surface area contributed by atoms with Gasteiger partial charge in [-0.15, -0.1) is 12.4 Å². The summed E-state index contributed by atoms with van der Waals surface area (Å²) in [5, 5.41) is 0. The highest BCUT2D eigenvalue weighted by molar-refractivity contribution is 5.95. The summed E-state index contributed by atoms with van der Waals surface area (Å²) in [6.07, 6.45) is 2.68. The van der Waals surface area contributed by atoms with Gasteiger partial charge < -0.3 is 0 Å². The Labute approximate surface area is 83.1 Å². The molecule has 1 aliphatic rings. The average molecular weight is 196 g/mol. The van der Waals surface area contributed by atoms with Gasteiger partial charge >= 0.3 is 0 Å². The van der Waals surface area contributed by atoms with Gasteiger partial charge in [0.1, 0.15) is 5.78 Å². The van der Waals surface area contributed by atoms with E-state index in [0.29, 0.717) is 12.8 Å². The Bertz CT molecular complexity index is 347. The number of hydrogen-bond acceptors (Lipinski definition) is 2. The summed E-state index contributed by atoms with van der Waals surface area (Å²) in [6, 6.07) is 7.76. The molecule has 0 unspecified atom stereocenters. The largest absolute Gasteiger partial charge is 0.299 e. The minimum Gasteiger partial charge on any atom is -0.299 e. The highest BCUT2D eigenvalue weighted by Gasteiger charge is 2.08. The Kier molecular flexibility index (Phi) is 3.20. The Morgan fingerprint density at radius 3 is 2.85 bits per heavy atom. The van der Waals surface area contributed by atoms with Gasteiger partial charge in [0.2, 0.25) is 0 Å². The molecule has 2 nitrogen and oxygen atoms in total. The zero-order chi connectivity index (χ0) is 8.39. The predicted molar refractivity (Wildman–Crippen MR) is 55.2 cm³/mol. The summed E-state index contributed by atoms with van der Waals surface area (Å²) < 4.78 is 0. The number of halogens is 1. The smallest absolute Gasteiger partial charge is 0.142 e. The van der Waals surface area contributed by atoms with E-state index >= 15 is 0 Å². The van der Waals surface area contributed by atoms with Crippen molar-refractivity contribution < 1.29 is 4.79 Å². The number of fused-ring (bicyclic) bond motifs is 1. The molecule has 1 aromatic carbocycles. The fraction of sp³-hybridized carbons (Fsp3) is 0.200. The molecule has 0 saturated carbocycles. The molecule has 0 N–H and O–H groups in total. The predicted octanol–water partition coefficient (Wildman–Crippen LogP) is 2.33. The van der Waals surface area contributed by atoms with Crippen LogP contribution in [0.2, 0.25) is 0 Å². The van der Waals surface area contributed by atoms with Crippen LogP contribution in [-0.4, -0.2) is 12.0 Å². The van der Waals surface area contributed by atoms with Crippen molar-refractivity contribution in [1.29, 1.82) is 0 Å². The van der Waals surface area contributed by atoms with Crippen LogP contribution < -0.4 is 0 Å². The van der Waals surface area contributed by atoms with Crippen molar-refractivity contribution in [2.45, 2.75) is 12.8 Å². The number of hydrogen-bond donors (Lipinski definition) is 0. The third-order valence-corrected chi connectivity index (χ3v) is 1.93. The van der Waals surface area contributed by atoms with Gasteiger partial charge in [-0.05, 0) is 11.6 Å². The van der Waals surface area contributed by atoms with Crippen molar-refractivity contribution in [3.05, 3.63) is 29.8 Å². The summed E-state index contributed by atoms with van der Waals surface area (Å²) >= 11 is 0. The van der Waals surface area contributed by atoms with Gasteiger partial charge in [-0.1, -0.05) is 18.2 Å². The van der Waals surface area contributed by atoms with E-state index in [1.54, 1.807) is 6.21 Å². The van der Waals surface area contributed by atoms with Crippen molar-refractivity contribution in [1.82, 2.24) is 0 Å². The van der Waals surface area contributed by atoms with Crippen LogP contribution in [-0.2, 0) is 11.2 Å². The molecule has 2 rings (SSSR count). The zero-order valence-electron chi connectivity index (χ0n) is 7.06. The van der Waals surface area contributed by atoms with Crippen molar-refractivity contribution in [3.63, 3.8) is 0 Å². The van der Waals surface area contributed by atoms with Gasteiger partial charge in [-0.2, -0.15) is 0 Å². The van der Waals surface area contributed by atoms with E-state index in [0.717, 1.165) is 11.3 Å². The van der Waals surface area contributed by atoms with Crippen molar-refractivity contribution >= 4 is 30.1 Å². The van der Waals surface area contributed by atoms with Crippen LogP contribution in [0.3, 0.4) is 0 Å². The molecule has 3 heteroatoms. The highest BCUT2D eigenvalue weighted by Crippen LogP contribution is 2.21. The van der Waals surface area contributed by atoms with Crippen LogP contribution in [0, 0.1) is 0 Å².